The molecule has 1 aromatic heterocycles. The number of hydrogen-bond acceptors (Lipinski definition) is 1. The number of thioether (sulfide) groups is 1. The number of hydrogen-bond donors (Lipinski definition) is 0. The average Bonchev–Trinajstić information content (AvgIpc) is 3.05. The molecule has 0 saturated carbocycles. The fraction of sp³-hybridized carbons (Fsp3) is 0.296. The highest BCUT2D eigenvalue weighted by molar-refractivity contribution is 8.00. The summed E-state index contributed by atoms with van der Waals surface area (Å²) in [7, 11) is 2.13. The van der Waals surface area contributed by atoms with E-state index in [4.69, 9.17) is 0 Å². The Morgan fingerprint density at radius 3 is 2.43 bits per heavy atom. The summed E-state index contributed by atoms with van der Waals surface area (Å²) in [5.41, 5.74) is 7.79. The van der Waals surface area contributed by atoms with Crippen molar-refractivity contribution in [2.24, 2.45) is 7.05 Å². The van der Waals surface area contributed by atoms with E-state index in [1.807, 2.05) is 11.8 Å². The molecule has 0 spiro atoms. The molecule has 30 heavy (non-hydrogen) atoms. The number of benzene rings is 2. The maximum atomic E-state index is 2.35. The van der Waals surface area contributed by atoms with Crippen LogP contribution in [0.1, 0.15) is 37.0 Å². The van der Waals surface area contributed by atoms with Gasteiger partial charge in [-0.2, -0.15) is 4.57 Å². The Kier molecular flexibility index (Phi) is 5.50. The molecule has 0 amide bonds. The summed E-state index contributed by atoms with van der Waals surface area (Å²) in [4.78, 5) is 1.30. The molecule has 1 heterocycles. The number of imidazole rings is 1. The second-order valence-electron chi connectivity index (χ2n) is 8.78. The van der Waals surface area contributed by atoms with Gasteiger partial charge in [-0.1, -0.05) is 47.6 Å². The van der Waals surface area contributed by atoms with Gasteiger partial charge in [-0.05, 0) is 70.4 Å². The molecule has 1 aliphatic carbocycles. The summed E-state index contributed by atoms with van der Waals surface area (Å²) in [5, 5.41) is 0. The molecule has 0 bridgehead atoms. The standard InChI is InChI=1S/C27H31N2S/c1-19-10-12-27(5,13-11-19)30-24-9-7-8-23(18-24)26-28(6)14-15-29(26)25-21(3)16-20(2)17-22(25)4/h7-12,14-18H,13H2,1-6H3/q+1. The fourth-order valence-corrected chi connectivity index (χ4v) is 5.58. The molecule has 1 aliphatic rings. The Morgan fingerprint density at radius 1 is 1.03 bits per heavy atom. The van der Waals surface area contributed by atoms with Crippen molar-refractivity contribution >= 4 is 11.8 Å². The van der Waals surface area contributed by atoms with Crippen LogP contribution in [0.3, 0.4) is 0 Å². The van der Waals surface area contributed by atoms with Gasteiger partial charge in [0.2, 0.25) is 0 Å². The van der Waals surface area contributed by atoms with Gasteiger partial charge in [0.05, 0.1) is 12.6 Å². The first kappa shape index (κ1) is 20.7. The average molecular weight is 416 g/mol. The van der Waals surface area contributed by atoms with Crippen LogP contribution < -0.4 is 4.57 Å². The highest BCUT2D eigenvalue weighted by atomic mass is 32.2. The van der Waals surface area contributed by atoms with E-state index < -0.39 is 0 Å². The molecule has 4 rings (SSSR count). The lowest BCUT2D eigenvalue weighted by Crippen LogP contribution is -2.29. The van der Waals surface area contributed by atoms with E-state index in [0.717, 1.165) is 6.42 Å². The van der Waals surface area contributed by atoms with Crippen molar-refractivity contribution in [1.29, 1.82) is 0 Å². The molecule has 154 valence electrons. The van der Waals surface area contributed by atoms with E-state index in [0.29, 0.717) is 0 Å². The van der Waals surface area contributed by atoms with Crippen molar-refractivity contribution in [3.05, 3.63) is 89.3 Å². The van der Waals surface area contributed by atoms with Crippen LogP contribution in [0.4, 0.5) is 0 Å². The molecule has 0 fully saturated rings. The molecule has 3 heteroatoms. The van der Waals surface area contributed by atoms with Crippen LogP contribution in [0.15, 0.2) is 77.5 Å². The van der Waals surface area contributed by atoms with Crippen LogP contribution in [-0.2, 0) is 7.05 Å². The second kappa shape index (κ2) is 7.96. The smallest absolute Gasteiger partial charge is 0.232 e. The Morgan fingerprint density at radius 2 is 1.77 bits per heavy atom. The molecule has 0 aliphatic heterocycles. The molecule has 0 saturated heterocycles. The highest BCUT2D eigenvalue weighted by Gasteiger charge is 2.25. The van der Waals surface area contributed by atoms with Gasteiger partial charge >= 0.3 is 0 Å². The zero-order chi connectivity index (χ0) is 21.5. The summed E-state index contributed by atoms with van der Waals surface area (Å²) in [6.45, 7) is 11.1. The van der Waals surface area contributed by atoms with E-state index in [-0.39, 0.29) is 4.75 Å². The molecule has 1 unspecified atom stereocenters. The Bertz CT molecular complexity index is 1140. The molecular weight excluding hydrogens is 384 g/mol. The van der Waals surface area contributed by atoms with E-state index in [1.54, 1.807) is 0 Å². The zero-order valence-electron chi connectivity index (χ0n) is 18.9. The van der Waals surface area contributed by atoms with Gasteiger partial charge in [-0.15, -0.1) is 11.8 Å². The van der Waals surface area contributed by atoms with Gasteiger partial charge in [0.15, 0.2) is 0 Å². The summed E-state index contributed by atoms with van der Waals surface area (Å²) in [5.74, 6) is 1.20. The maximum Gasteiger partial charge on any atom is 0.293 e. The largest absolute Gasteiger partial charge is 0.293 e. The number of allylic oxidation sites excluding steroid dienone is 3. The van der Waals surface area contributed by atoms with Crippen molar-refractivity contribution in [2.75, 3.05) is 0 Å². The van der Waals surface area contributed by atoms with Crippen molar-refractivity contribution in [3.63, 3.8) is 0 Å². The normalized spacial score (nSPS) is 18.5. The van der Waals surface area contributed by atoms with Crippen molar-refractivity contribution in [2.45, 2.75) is 50.7 Å². The first-order valence-electron chi connectivity index (χ1n) is 10.6. The summed E-state index contributed by atoms with van der Waals surface area (Å²) in [6, 6.07) is 13.5. The monoisotopic (exact) mass is 415 g/mol. The lowest BCUT2D eigenvalue weighted by atomic mass is 9.98. The van der Waals surface area contributed by atoms with Crippen molar-refractivity contribution in [1.82, 2.24) is 4.57 Å². The van der Waals surface area contributed by atoms with Crippen LogP contribution >= 0.6 is 11.8 Å². The zero-order valence-corrected chi connectivity index (χ0v) is 19.7. The van der Waals surface area contributed by atoms with Gasteiger partial charge in [-0.3, -0.25) is 0 Å². The number of nitrogens with zero attached hydrogens (tertiary/aromatic N) is 2. The SMILES string of the molecule is CC1=CCC(C)(Sc2cccc(-c3n(-c4c(C)cc(C)cc4C)cc[n+]3C)c2)C=C1. The number of rotatable bonds is 4. The van der Waals surface area contributed by atoms with E-state index in [9.17, 15) is 0 Å². The van der Waals surface area contributed by atoms with Crippen LogP contribution in [-0.4, -0.2) is 9.31 Å². The van der Waals surface area contributed by atoms with Crippen LogP contribution in [0.5, 0.6) is 0 Å². The highest BCUT2D eigenvalue weighted by Crippen LogP contribution is 2.40. The minimum Gasteiger partial charge on any atom is -0.232 e. The lowest BCUT2D eigenvalue weighted by Gasteiger charge is -2.27. The predicted molar refractivity (Wildman–Crippen MR) is 128 cm³/mol. The third kappa shape index (κ3) is 4.04. The predicted octanol–water partition coefficient (Wildman–Crippen LogP) is 6.65. The van der Waals surface area contributed by atoms with Crippen LogP contribution in [0.2, 0.25) is 0 Å². The summed E-state index contributed by atoms with van der Waals surface area (Å²) in [6.07, 6.45) is 12.3. The third-order valence-electron chi connectivity index (χ3n) is 5.85. The minimum atomic E-state index is 0.104. The lowest BCUT2D eigenvalue weighted by molar-refractivity contribution is -0.659. The van der Waals surface area contributed by atoms with Crippen LogP contribution in [0, 0.1) is 20.8 Å². The van der Waals surface area contributed by atoms with Gasteiger partial charge < -0.3 is 0 Å². The van der Waals surface area contributed by atoms with Gasteiger partial charge in [0.25, 0.3) is 5.82 Å². The Hall–Kier alpha value is -2.52. The van der Waals surface area contributed by atoms with Gasteiger partial charge in [0, 0.05) is 9.64 Å². The van der Waals surface area contributed by atoms with Crippen molar-refractivity contribution in [3.8, 4) is 17.1 Å². The summed E-state index contributed by atoms with van der Waals surface area (Å²) < 4.78 is 4.66. The molecule has 2 aromatic carbocycles. The molecule has 0 N–H and O–H groups in total. The summed E-state index contributed by atoms with van der Waals surface area (Å²) >= 11 is 1.95. The fourth-order valence-electron chi connectivity index (χ4n) is 4.40. The first-order chi connectivity index (χ1) is 14.3. The maximum absolute atomic E-state index is 2.35. The number of aryl methyl sites for hydroxylation is 4. The Labute approximate surface area is 185 Å². The van der Waals surface area contributed by atoms with E-state index in [2.05, 4.69) is 118 Å². The van der Waals surface area contributed by atoms with Crippen LogP contribution in [0.25, 0.3) is 17.1 Å². The first-order valence-corrected chi connectivity index (χ1v) is 11.4. The van der Waals surface area contributed by atoms with E-state index in [1.165, 1.54) is 44.2 Å². The topological polar surface area (TPSA) is 8.81 Å². The quantitative estimate of drug-likeness (QED) is 0.433. The van der Waals surface area contributed by atoms with Gasteiger partial charge in [0.1, 0.15) is 18.1 Å². The molecule has 3 aromatic rings. The second-order valence-corrected chi connectivity index (χ2v) is 10.4. The molecule has 1 atom stereocenters. The van der Waals surface area contributed by atoms with Crippen molar-refractivity contribution < 1.29 is 4.57 Å². The van der Waals surface area contributed by atoms with E-state index >= 15 is 0 Å². The third-order valence-corrected chi connectivity index (χ3v) is 7.11. The Balaban J connectivity index is 1.74. The number of aromatic nitrogens is 2. The molecular formula is C27H31N2S+. The molecule has 2 nitrogen and oxygen atoms in total. The minimum absolute atomic E-state index is 0.104. The van der Waals surface area contributed by atoms with Gasteiger partial charge in [-0.25, -0.2) is 4.57 Å². The molecule has 0 radical (unpaired) electrons.